The summed E-state index contributed by atoms with van der Waals surface area (Å²) in [6, 6.07) is 0. The first kappa shape index (κ1) is 13.1. The zero-order chi connectivity index (χ0) is 14.1. The highest BCUT2D eigenvalue weighted by atomic mass is 19.3. The quantitative estimate of drug-likeness (QED) is 0.865. The molecule has 8 heteroatoms. The normalized spacial score (nSPS) is 20.0. The summed E-state index contributed by atoms with van der Waals surface area (Å²) in [5.74, 6) is 0.510. The summed E-state index contributed by atoms with van der Waals surface area (Å²) in [5, 5.41) is 3.86. The van der Waals surface area contributed by atoms with E-state index in [1.807, 2.05) is 0 Å². The Morgan fingerprint density at radius 1 is 1.35 bits per heavy atom. The first-order chi connectivity index (χ1) is 9.63. The minimum atomic E-state index is -2.51. The maximum Gasteiger partial charge on any atom is 0.258 e. The Bertz CT molecular complexity index is 600. The van der Waals surface area contributed by atoms with Gasteiger partial charge in [-0.3, -0.25) is 0 Å². The molecule has 1 aliphatic heterocycles. The number of fused-ring (bicyclic) bond motifs is 1. The fraction of sp³-hybridized carbons (Fsp3) is 0.583. The molecule has 1 atom stereocenters. The first-order valence-electron chi connectivity index (χ1n) is 6.49. The minimum absolute atomic E-state index is 0.267. The van der Waals surface area contributed by atoms with E-state index in [0.29, 0.717) is 29.9 Å². The number of aromatic nitrogens is 4. The summed E-state index contributed by atoms with van der Waals surface area (Å²) in [5.41, 5.74) is 0.770. The van der Waals surface area contributed by atoms with Gasteiger partial charge in [0.25, 0.3) is 6.43 Å². The van der Waals surface area contributed by atoms with E-state index in [1.165, 1.54) is 12.4 Å². The lowest BCUT2D eigenvalue weighted by atomic mass is 10.1. The van der Waals surface area contributed by atoms with Crippen molar-refractivity contribution >= 4 is 17.0 Å². The summed E-state index contributed by atoms with van der Waals surface area (Å²) >= 11 is 0. The van der Waals surface area contributed by atoms with Crippen LogP contribution in [0.4, 0.5) is 19.0 Å². The van der Waals surface area contributed by atoms with Crippen molar-refractivity contribution in [2.24, 2.45) is 0 Å². The molecule has 3 rings (SSSR count). The molecular formula is C12H14F3N5. The van der Waals surface area contributed by atoms with Crippen molar-refractivity contribution < 1.29 is 13.2 Å². The van der Waals surface area contributed by atoms with Crippen LogP contribution in [0, 0.1) is 0 Å². The van der Waals surface area contributed by atoms with Gasteiger partial charge in [0.2, 0.25) is 0 Å². The van der Waals surface area contributed by atoms with Gasteiger partial charge in [-0.05, 0) is 12.8 Å². The lowest BCUT2D eigenvalue weighted by Crippen LogP contribution is -2.37. The molecule has 2 aromatic rings. The third kappa shape index (κ3) is 2.54. The summed E-state index contributed by atoms with van der Waals surface area (Å²) in [6.07, 6.45) is 0.852. The lowest BCUT2D eigenvalue weighted by molar-refractivity contribution is 0.123. The summed E-state index contributed by atoms with van der Waals surface area (Å²) in [4.78, 5) is 10.3. The van der Waals surface area contributed by atoms with Crippen LogP contribution in [-0.2, 0) is 6.54 Å². The van der Waals surface area contributed by atoms with Gasteiger partial charge in [-0.25, -0.2) is 27.8 Å². The van der Waals surface area contributed by atoms with Crippen LogP contribution in [0.2, 0.25) is 0 Å². The van der Waals surface area contributed by atoms with E-state index in [0.717, 1.165) is 11.1 Å². The molecule has 0 N–H and O–H groups in total. The highest BCUT2D eigenvalue weighted by molar-refractivity contribution is 5.71. The van der Waals surface area contributed by atoms with Crippen LogP contribution >= 0.6 is 0 Å². The predicted octanol–water partition coefficient (Wildman–Crippen LogP) is 2.03. The fourth-order valence-corrected chi connectivity index (χ4v) is 2.39. The summed E-state index contributed by atoms with van der Waals surface area (Å²) < 4.78 is 39.5. The summed E-state index contributed by atoms with van der Waals surface area (Å²) in [7, 11) is 0. The van der Waals surface area contributed by atoms with Gasteiger partial charge in [0, 0.05) is 6.54 Å². The van der Waals surface area contributed by atoms with Gasteiger partial charge in [-0.2, -0.15) is 5.10 Å². The van der Waals surface area contributed by atoms with Crippen molar-refractivity contribution in [2.75, 3.05) is 18.0 Å². The second kappa shape index (κ2) is 5.26. The van der Waals surface area contributed by atoms with Gasteiger partial charge in [0.05, 0.1) is 18.9 Å². The van der Waals surface area contributed by atoms with Crippen molar-refractivity contribution in [2.45, 2.75) is 32.0 Å². The van der Waals surface area contributed by atoms with E-state index < -0.39 is 19.1 Å². The molecule has 2 aromatic heterocycles. The fourth-order valence-electron chi connectivity index (χ4n) is 2.39. The highest BCUT2D eigenvalue weighted by Crippen LogP contribution is 2.21. The van der Waals surface area contributed by atoms with E-state index >= 15 is 0 Å². The average Bonchev–Trinajstić information content (AvgIpc) is 2.80. The largest absolute Gasteiger partial charge is 0.352 e. The third-order valence-corrected chi connectivity index (χ3v) is 3.33. The number of anilines is 1. The number of halogens is 3. The Labute approximate surface area is 113 Å². The van der Waals surface area contributed by atoms with Crippen LogP contribution in [0.1, 0.15) is 12.8 Å². The zero-order valence-electron chi connectivity index (χ0n) is 10.7. The van der Waals surface area contributed by atoms with Crippen LogP contribution in [-0.4, -0.2) is 45.4 Å². The highest BCUT2D eigenvalue weighted by Gasteiger charge is 2.21. The van der Waals surface area contributed by atoms with E-state index in [9.17, 15) is 13.2 Å². The topological polar surface area (TPSA) is 46.8 Å². The van der Waals surface area contributed by atoms with Gasteiger partial charge in [-0.15, -0.1) is 0 Å². The van der Waals surface area contributed by atoms with E-state index in [4.69, 9.17) is 0 Å². The van der Waals surface area contributed by atoms with Crippen molar-refractivity contribution in [1.82, 2.24) is 19.7 Å². The second-order valence-electron chi connectivity index (χ2n) is 4.84. The number of nitrogens with zero attached hydrogens (tertiary/aromatic N) is 5. The third-order valence-electron chi connectivity index (χ3n) is 3.33. The molecule has 5 nitrogen and oxygen atoms in total. The van der Waals surface area contributed by atoms with Crippen LogP contribution in [0.25, 0.3) is 11.2 Å². The molecule has 1 aliphatic rings. The van der Waals surface area contributed by atoms with E-state index in [-0.39, 0.29) is 6.54 Å². The monoisotopic (exact) mass is 285 g/mol. The van der Waals surface area contributed by atoms with Crippen molar-refractivity contribution in [3.63, 3.8) is 0 Å². The number of hydrogen-bond donors (Lipinski definition) is 0. The first-order valence-corrected chi connectivity index (χ1v) is 6.49. The van der Waals surface area contributed by atoms with Gasteiger partial charge >= 0.3 is 0 Å². The maximum absolute atomic E-state index is 13.4. The smallest absolute Gasteiger partial charge is 0.258 e. The molecule has 1 fully saturated rings. The van der Waals surface area contributed by atoms with Gasteiger partial charge in [-0.1, -0.05) is 0 Å². The number of piperidine rings is 1. The molecule has 1 saturated heterocycles. The molecule has 0 bridgehead atoms. The summed E-state index contributed by atoms with van der Waals surface area (Å²) in [6.45, 7) is 0.445. The zero-order valence-corrected chi connectivity index (χ0v) is 10.7. The minimum Gasteiger partial charge on any atom is -0.352 e. The van der Waals surface area contributed by atoms with Crippen LogP contribution in [0.3, 0.4) is 0 Å². The predicted molar refractivity (Wildman–Crippen MR) is 67.7 cm³/mol. The molecular weight excluding hydrogens is 271 g/mol. The average molecular weight is 285 g/mol. The van der Waals surface area contributed by atoms with Gasteiger partial charge < -0.3 is 4.90 Å². The number of hydrogen-bond acceptors (Lipinski definition) is 4. The van der Waals surface area contributed by atoms with Crippen LogP contribution in [0.5, 0.6) is 0 Å². The lowest BCUT2D eigenvalue weighted by Gasteiger charge is -2.29. The Morgan fingerprint density at radius 3 is 2.95 bits per heavy atom. The Balaban J connectivity index is 1.92. The Kier molecular flexibility index (Phi) is 3.45. The molecule has 0 radical (unpaired) electrons. The molecule has 20 heavy (non-hydrogen) atoms. The van der Waals surface area contributed by atoms with Gasteiger partial charge in [0.15, 0.2) is 5.65 Å². The van der Waals surface area contributed by atoms with Crippen LogP contribution in [0.15, 0.2) is 12.4 Å². The Morgan fingerprint density at radius 2 is 2.20 bits per heavy atom. The molecule has 0 amide bonds. The molecule has 3 heterocycles. The molecule has 0 spiro atoms. The maximum atomic E-state index is 13.4. The number of alkyl halides is 3. The number of rotatable bonds is 3. The molecule has 0 aliphatic carbocycles. The SMILES string of the molecule is FC(F)Cn1ncc2ncc(N3CCCC(F)C3)nc21. The van der Waals surface area contributed by atoms with Crippen LogP contribution < -0.4 is 4.90 Å². The van der Waals surface area contributed by atoms with Crippen molar-refractivity contribution in [3.8, 4) is 0 Å². The van der Waals surface area contributed by atoms with E-state index in [1.54, 1.807) is 4.90 Å². The molecule has 0 aromatic carbocycles. The van der Waals surface area contributed by atoms with E-state index in [2.05, 4.69) is 15.1 Å². The van der Waals surface area contributed by atoms with Crippen molar-refractivity contribution in [1.29, 1.82) is 0 Å². The standard InChI is InChI=1S/C12H14F3N5/c13-8-2-1-3-19(6-8)11-5-16-9-4-17-20(7-10(14)15)12(9)18-11/h4-5,8,10H,1-3,6-7H2. The van der Waals surface area contributed by atoms with Crippen molar-refractivity contribution in [3.05, 3.63) is 12.4 Å². The molecule has 0 saturated carbocycles. The Hall–Kier alpha value is -1.86. The molecule has 108 valence electrons. The second-order valence-corrected chi connectivity index (χ2v) is 4.84. The van der Waals surface area contributed by atoms with Gasteiger partial charge in [0.1, 0.15) is 24.1 Å². The molecule has 1 unspecified atom stereocenters.